The maximum atomic E-state index is 11.6. The molecular formula is C11H20N4O4. The maximum absolute atomic E-state index is 11.6. The van der Waals surface area contributed by atoms with E-state index >= 15 is 0 Å². The molecule has 0 heterocycles. The van der Waals surface area contributed by atoms with E-state index in [4.69, 9.17) is 10.3 Å². The summed E-state index contributed by atoms with van der Waals surface area (Å²) in [5.74, 6) is -0.370. The van der Waals surface area contributed by atoms with Crippen LogP contribution in [0.2, 0.25) is 0 Å². The lowest BCUT2D eigenvalue weighted by Gasteiger charge is -2.23. The van der Waals surface area contributed by atoms with Crippen LogP contribution in [0.1, 0.15) is 27.2 Å². The molecule has 1 aliphatic carbocycles. The summed E-state index contributed by atoms with van der Waals surface area (Å²) < 4.78 is 5.08. The van der Waals surface area contributed by atoms with Crippen LogP contribution < -0.4 is 5.32 Å². The first-order valence-electron chi connectivity index (χ1n) is 6.11. The van der Waals surface area contributed by atoms with Crippen molar-refractivity contribution < 1.29 is 19.7 Å². The van der Waals surface area contributed by atoms with Crippen molar-refractivity contribution in [1.82, 2.24) is 5.32 Å². The first kappa shape index (κ1) is 15.6. The fourth-order valence-electron chi connectivity index (χ4n) is 2.13. The Balaban J connectivity index is 2.65. The second kappa shape index (κ2) is 6.10. The highest BCUT2D eigenvalue weighted by Gasteiger charge is 2.42. The van der Waals surface area contributed by atoms with E-state index < -0.39 is 29.9 Å². The highest BCUT2D eigenvalue weighted by molar-refractivity contribution is 5.68. The molecule has 1 saturated carbocycles. The summed E-state index contributed by atoms with van der Waals surface area (Å²) in [6.45, 7) is 4.98. The highest BCUT2D eigenvalue weighted by atomic mass is 16.6. The van der Waals surface area contributed by atoms with Crippen LogP contribution in [-0.2, 0) is 4.74 Å². The number of rotatable bonds is 3. The second-order valence-electron chi connectivity index (χ2n) is 5.62. The van der Waals surface area contributed by atoms with Gasteiger partial charge < -0.3 is 20.3 Å². The van der Waals surface area contributed by atoms with Crippen molar-refractivity contribution in [2.45, 2.75) is 51.0 Å². The number of amides is 1. The van der Waals surface area contributed by atoms with E-state index in [2.05, 4.69) is 15.3 Å². The lowest BCUT2D eigenvalue weighted by molar-refractivity contribution is 0.0441. The average Bonchev–Trinajstić information content (AvgIpc) is 2.55. The number of aliphatic hydroxyl groups excluding tert-OH is 2. The van der Waals surface area contributed by atoms with E-state index in [0.29, 0.717) is 6.42 Å². The SMILES string of the molecule is CC(C)(C)OC(=O)N[C@@H]1C[C@H](CO)[C@@H](N=[N+]=[N-])[C@@H]1O. The summed E-state index contributed by atoms with van der Waals surface area (Å²) in [5, 5.41) is 25.2. The van der Waals surface area contributed by atoms with Crippen molar-refractivity contribution in [3.05, 3.63) is 10.4 Å². The van der Waals surface area contributed by atoms with E-state index in [0.717, 1.165) is 0 Å². The van der Waals surface area contributed by atoms with Gasteiger partial charge in [-0.2, -0.15) is 0 Å². The van der Waals surface area contributed by atoms with E-state index in [1.807, 2.05) is 0 Å². The highest BCUT2D eigenvalue weighted by Crippen LogP contribution is 2.29. The van der Waals surface area contributed by atoms with Crippen LogP contribution in [0.15, 0.2) is 5.11 Å². The minimum absolute atomic E-state index is 0.215. The molecule has 0 aromatic heterocycles. The Bertz CT molecular complexity index is 375. The number of alkyl carbamates (subject to hydrolysis) is 1. The molecule has 108 valence electrons. The van der Waals surface area contributed by atoms with E-state index in [9.17, 15) is 15.0 Å². The van der Waals surface area contributed by atoms with E-state index in [1.165, 1.54) is 0 Å². The van der Waals surface area contributed by atoms with Gasteiger partial charge in [0.15, 0.2) is 0 Å². The van der Waals surface area contributed by atoms with Crippen molar-refractivity contribution in [2.75, 3.05) is 6.61 Å². The predicted molar refractivity (Wildman–Crippen MR) is 67.3 cm³/mol. The third kappa shape index (κ3) is 4.27. The average molecular weight is 272 g/mol. The number of hydrogen-bond acceptors (Lipinski definition) is 5. The summed E-state index contributed by atoms with van der Waals surface area (Å²) >= 11 is 0. The lowest BCUT2D eigenvalue weighted by Crippen LogP contribution is -2.44. The van der Waals surface area contributed by atoms with Gasteiger partial charge in [-0.05, 0) is 38.6 Å². The van der Waals surface area contributed by atoms with E-state index in [-0.39, 0.29) is 12.5 Å². The van der Waals surface area contributed by atoms with Crippen molar-refractivity contribution in [3.63, 3.8) is 0 Å². The molecule has 0 aromatic carbocycles. The zero-order valence-corrected chi connectivity index (χ0v) is 11.3. The summed E-state index contributed by atoms with van der Waals surface area (Å²) in [5.41, 5.74) is 7.80. The topological polar surface area (TPSA) is 128 Å². The van der Waals surface area contributed by atoms with E-state index in [1.54, 1.807) is 20.8 Å². The number of azide groups is 1. The quantitative estimate of drug-likeness (QED) is 0.401. The maximum Gasteiger partial charge on any atom is 0.407 e. The van der Waals surface area contributed by atoms with Gasteiger partial charge in [-0.25, -0.2) is 4.79 Å². The van der Waals surface area contributed by atoms with Crippen LogP contribution in [0.4, 0.5) is 4.79 Å². The Morgan fingerprint density at radius 3 is 2.68 bits per heavy atom. The normalized spacial score (nSPS) is 30.6. The van der Waals surface area contributed by atoms with Crippen LogP contribution >= 0.6 is 0 Å². The monoisotopic (exact) mass is 272 g/mol. The Morgan fingerprint density at radius 1 is 1.58 bits per heavy atom. The van der Waals surface area contributed by atoms with Crippen molar-refractivity contribution in [1.29, 1.82) is 0 Å². The zero-order valence-electron chi connectivity index (χ0n) is 11.3. The minimum Gasteiger partial charge on any atom is -0.444 e. The minimum atomic E-state index is -1.03. The summed E-state index contributed by atoms with van der Waals surface area (Å²) in [6, 6.07) is -1.34. The number of carbonyl (C=O) groups is 1. The Kier molecular flexibility index (Phi) is 4.99. The molecule has 8 nitrogen and oxygen atoms in total. The Morgan fingerprint density at radius 2 is 2.21 bits per heavy atom. The van der Waals surface area contributed by atoms with Gasteiger partial charge in [0, 0.05) is 11.5 Å². The molecule has 3 N–H and O–H groups in total. The van der Waals surface area contributed by atoms with Crippen molar-refractivity contribution in [2.24, 2.45) is 11.0 Å². The smallest absolute Gasteiger partial charge is 0.407 e. The zero-order chi connectivity index (χ0) is 14.6. The third-order valence-corrected chi connectivity index (χ3v) is 2.92. The molecule has 1 amide bonds. The Hall–Kier alpha value is -1.50. The molecule has 1 fully saturated rings. The van der Waals surface area contributed by atoms with Gasteiger partial charge in [-0.1, -0.05) is 5.11 Å². The van der Waals surface area contributed by atoms with Gasteiger partial charge in [0.2, 0.25) is 0 Å². The first-order valence-corrected chi connectivity index (χ1v) is 6.11. The largest absolute Gasteiger partial charge is 0.444 e. The van der Waals surface area contributed by atoms with Crippen molar-refractivity contribution in [3.8, 4) is 0 Å². The van der Waals surface area contributed by atoms with Gasteiger partial charge in [0.05, 0.1) is 18.2 Å². The molecule has 0 bridgehead atoms. The van der Waals surface area contributed by atoms with Crippen LogP contribution in [0, 0.1) is 5.92 Å². The summed E-state index contributed by atoms with van der Waals surface area (Å²) in [7, 11) is 0. The summed E-state index contributed by atoms with van der Waals surface area (Å²) in [4.78, 5) is 14.3. The van der Waals surface area contributed by atoms with Crippen LogP contribution in [0.3, 0.4) is 0 Å². The molecule has 0 spiro atoms. The molecule has 0 aliphatic heterocycles. The fourth-order valence-corrected chi connectivity index (χ4v) is 2.13. The number of nitrogens with one attached hydrogen (secondary N) is 1. The van der Waals surface area contributed by atoms with Crippen LogP contribution in [0.5, 0.6) is 0 Å². The summed E-state index contributed by atoms with van der Waals surface area (Å²) in [6.07, 6.45) is -1.34. The standard InChI is InChI=1S/C11H20N4O4/c1-11(2,3)19-10(18)13-7-4-6(5-16)8(9(7)17)14-15-12/h6-9,16-17H,4-5H2,1-3H3,(H,13,18)/t6-,7-,8-,9-/m1/s1. The van der Waals surface area contributed by atoms with Crippen molar-refractivity contribution >= 4 is 6.09 Å². The second-order valence-corrected chi connectivity index (χ2v) is 5.62. The van der Waals surface area contributed by atoms with Gasteiger partial charge >= 0.3 is 6.09 Å². The lowest BCUT2D eigenvalue weighted by atomic mass is 10.1. The molecule has 8 heteroatoms. The van der Waals surface area contributed by atoms with Crippen LogP contribution in [-0.4, -0.2) is 46.7 Å². The molecule has 1 rings (SSSR count). The van der Waals surface area contributed by atoms with Gasteiger partial charge in [-0.3, -0.25) is 0 Å². The molecule has 0 aromatic rings. The number of nitrogens with zero attached hydrogens (tertiary/aromatic N) is 3. The molecule has 0 saturated heterocycles. The molecule has 1 aliphatic rings. The molecule has 0 unspecified atom stereocenters. The number of aliphatic hydroxyl groups is 2. The molecule has 4 atom stereocenters. The number of carbonyl (C=O) groups excluding carboxylic acids is 1. The third-order valence-electron chi connectivity index (χ3n) is 2.92. The number of hydrogen-bond donors (Lipinski definition) is 3. The first-order chi connectivity index (χ1) is 8.78. The van der Waals surface area contributed by atoms with Gasteiger partial charge in [0.25, 0.3) is 0 Å². The van der Waals surface area contributed by atoms with Gasteiger partial charge in [-0.15, -0.1) is 0 Å². The van der Waals surface area contributed by atoms with Gasteiger partial charge in [0.1, 0.15) is 5.60 Å². The predicted octanol–water partition coefficient (Wildman–Crippen LogP) is 0.932. The molecule has 19 heavy (non-hydrogen) atoms. The molecular weight excluding hydrogens is 252 g/mol. The fraction of sp³-hybridized carbons (Fsp3) is 0.909. The van der Waals surface area contributed by atoms with Crippen LogP contribution in [0.25, 0.3) is 10.4 Å². The Labute approximate surface area is 111 Å². The molecule has 0 radical (unpaired) electrons. The number of ether oxygens (including phenoxy) is 1.